The molecule has 7 heteroatoms. The van der Waals surface area contributed by atoms with Crippen molar-refractivity contribution in [2.24, 2.45) is 56.2 Å². The summed E-state index contributed by atoms with van der Waals surface area (Å²) < 4.78 is 11.7. The van der Waals surface area contributed by atoms with Crippen molar-refractivity contribution in [3.63, 3.8) is 0 Å². The van der Waals surface area contributed by atoms with Crippen LogP contribution < -0.4 is 0 Å². The Bertz CT molecular complexity index is 1580. The van der Waals surface area contributed by atoms with Crippen molar-refractivity contribution in [1.29, 1.82) is 0 Å². The first-order valence-corrected chi connectivity index (χ1v) is 19.8. The van der Waals surface area contributed by atoms with Gasteiger partial charge in [-0.3, -0.25) is 19.2 Å². The molecule has 0 radical (unpaired) electrons. The fourth-order valence-electron chi connectivity index (χ4n) is 12.6. The van der Waals surface area contributed by atoms with Gasteiger partial charge in [-0.1, -0.05) is 77.4 Å². The second kappa shape index (κ2) is 13.2. The van der Waals surface area contributed by atoms with E-state index in [0.717, 1.165) is 50.5 Å². The van der Waals surface area contributed by atoms with Crippen LogP contribution in [0.4, 0.5) is 0 Å². The number of amides is 1. The van der Waals surface area contributed by atoms with Crippen molar-refractivity contribution in [3.05, 3.63) is 47.5 Å². The van der Waals surface area contributed by atoms with Gasteiger partial charge in [-0.15, -0.1) is 0 Å². The largest absolute Gasteiger partial charge is 0.460 e. The molecule has 0 bridgehead atoms. The van der Waals surface area contributed by atoms with E-state index in [1.807, 2.05) is 44.2 Å². The molecule has 9 atom stereocenters. The molecule has 51 heavy (non-hydrogen) atoms. The number of rotatable bonds is 8. The Morgan fingerprint density at radius 1 is 0.824 bits per heavy atom. The molecule has 5 aliphatic carbocycles. The summed E-state index contributed by atoms with van der Waals surface area (Å²) in [4.78, 5) is 56.6. The normalized spacial score (nSPS) is 39.6. The zero-order valence-electron chi connectivity index (χ0n) is 32.9. The Morgan fingerprint density at radius 2 is 1.49 bits per heavy atom. The molecule has 0 heterocycles. The van der Waals surface area contributed by atoms with E-state index in [4.69, 9.17) is 9.47 Å². The number of benzene rings is 1. The van der Waals surface area contributed by atoms with Crippen LogP contribution in [0.15, 0.2) is 42.0 Å². The van der Waals surface area contributed by atoms with Crippen LogP contribution in [-0.4, -0.2) is 48.2 Å². The molecule has 0 unspecified atom stereocenters. The number of carbonyl (C=O) groups is 4. The number of carbonyl (C=O) groups excluding carboxylic acids is 4. The van der Waals surface area contributed by atoms with Crippen LogP contribution in [0.1, 0.15) is 126 Å². The van der Waals surface area contributed by atoms with Gasteiger partial charge in [-0.2, -0.15) is 0 Å². The third-order valence-electron chi connectivity index (χ3n) is 16.1. The molecule has 4 fully saturated rings. The van der Waals surface area contributed by atoms with Crippen LogP contribution in [-0.2, 0) is 35.3 Å². The number of hydrogen-bond donors (Lipinski definition) is 0. The van der Waals surface area contributed by atoms with Gasteiger partial charge < -0.3 is 14.4 Å². The molecule has 0 N–H and O–H groups in total. The van der Waals surface area contributed by atoms with E-state index in [0.29, 0.717) is 25.9 Å². The Balaban J connectivity index is 1.25. The Kier molecular flexibility index (Phi) is 9.75. The highest BCUT2D eigenvalue weighted by molar-refractivity contribution is 5.96. The van der Waals surface area contributed by atoms with Crippen molar-refractivity contribution in [2.75, 3.05) is 19.7 Å². The molecule has 1 aromatic rings. The minimum atomic E-state index is -0.602. The van der Waals surface area contributed by atoms with Crippen molar-refractivity contribution in [1.82, 2.24) is 4.90 Å². The maximum Gasteiger partial charge on any atom is 0.312 e. The molecule has 7 nitrogen and oxygen atoms in total. The van der Waals surface area contributed by atoms with Gasteiger partial charge in [0.15, 0.2) is 12.4 Å². The number of esters is 2. The van der Waals surface area contributed by atoms with Gasteiger partial charge in [0.2, 0.25) is 0 Å². The number of ether oxygens (including phenoxy) is 2. The topological polar surface area (TPSA) is 90.0 Å². The lowest BCUT2D eigenvalue weighted by atomic mass is 9.33. The second-order valence-electron chi connectivity index (χ2n) is 18.9. The quantitative estimate of drug-likeness (QED) is 0.252. The summed E-state index contributed by atoms with van der Waals surface area (Å²) in [5, 5.41) is 0. The third kappa shape index (κ3) is 5.91. The van der Waals surface area contributed by atoms with Gasteiger partial charge in [0.25, 0.3) is 5.91 Å². The smallest absolute Gasteiger partial charge is 0.312 e. The predicted molar refractivity (Wildman–Crippen MR) is 198 cm³/mol. The summed E-state index contributed by atoms with van der Waals surface area (Å²) in [6.07, 6.45) is 9.93. The van der Waals surface area contributed by atoms with Crippen molar-refractivity contribution in [3.8, 4) is 0 Å². The van der Waals surface area contributed by atoms with E-state index >= 15 is 0 Å². The molecule has 1 aromatic carbocycles. The fraction of sp³-hybridized carbons (Fsp3) is 0.727. The second-order valence-corrected chi connectivity index (χ2v) is 18.9. The van der Waals surface area contributed by atoms with Crippen molar-refractivity contribution < 1.29 is 28.7 Å². The Hall–Kier alpha value is -2.96. The molecular formula is C44H63NO6. The minimum absolute atomic E-state index is 0.0439. The van der Waals surface area contributed by atoms with Gasteiger partial charge >= 0.3 is 11.9 Å². The molecule has 6 rings (SSSR count). The number of allylic oxidation sites excluding steroid dienone is 2. The highest BCUT2D eigenvalue weighted by Gasteiger charge is 2.70. The summed E-state index contributed by atoms with van der Waals surface area (Å²) in [6.45, 7) is 21.1. The van der Waals surface area contributed by atoms with Crippen LogP contribution >= 0.6 is 0 Å². The number of likely N-dealkylation sites (N-methyl/N-ethyl adjacent to an activating group) is 1. The van der Waals surface area contributed by atoms with E-state index in [1.54, 1.807) is 4.90 Å². The lowest BCUT2D eigenvalue weighted by Gasteiger charge is -2.70. The number of hydrogen-bond acceptors (Lipinski definition) is 6. The van der Waals surface area contributed by atoms with Crippen LogP contribution in [0.25, 0.3) is 0 Å². The van der Waals surface area contributed by atoms with E-state index in [2.05, 4.69) is 54.5 Å². The molecule has 280 valence electrons. The molecule has 1 amide bonds. The number of fused-ring (bicyclic) bond motifs is 7. The monoisotopic (exact) mass is 701 g/mol. The molecule has 5 aliphatic rings. The highest BCUT2D eigenvalue weighted by atomic mass is 16.5. The fourth-order valence-corrected chi connectivity index (χ4v) is 12.6. The molecule has 0 aromatic heterocycles. The lowest BCUT2D eigenvalue weighted by molar-refractivity contribution is -0.200. The summed E-state index contributed by atoms with van der Waals surface area (Å²) in [6, 6.07) is 9.87. The summed E-state index contributed by atoms with van der Waals surface area (Å²) >= 11 is 0. The van der Waals surface area contributed by atoms with E-state index in [1.165, 1.54) is 5.57 Å². The molecule has 0 aliphatic heterocycles. The van der Waals surface area contributed by atoms with Gasteiger partial charge in [-0.05, 0) is 129 Å². The summed E-state index contributed by atoms with van der Waals surface area (Å²) in [7, 11) is 0. The Labute approximate surface area is 306 Å². The Morgan fingerprint density at radius 3 is 2.16 bits per heavy atom. The van der Waals surface area contributed by atoms with Crippen molar-refractivity contribution in [2.45, 2.75) is 127 Å². The van der Waals surface area contributed by atoms with Gasteiger partial charge in [-0.25, -0.2) is 0 Å². The number of ketones is 1. The average Bonchev–Trinajstić information content (AvgIpc) is 3.08. The van der Waals surface area contributed by atoms with Gasteiger partial charge in [0.05, 0.1) is 11.3 Å². The first-order chi connectivity index (χ1) is 23.9. The standard InChI is InChI=1S/C44H63NO6/c1-10-45(11-2)35(47)28-50-37(48)30-17-19-42(7)34(39(30,3)4)18-20-44(9)36(42)33(46)25-31-32-26-41(6,22-21-40(32,5)23-24-43(31,44)8)38(49)51-27-29-15-13-12-14-16-29/h12-16,25,30,32,34,36H,10-11,17-24,26-28H2,1-9H3/t30-,32+,34+,36-,40-,41+,42+,43-,44-/m1/s1. The van der Waals surface area contributed by atoms with Crippen LogP contribution in [0.2, 0.25) is 0 Å². The van der Waals surface area contributed by atoms with Crippen molar-refractivity contribution >= 4 is 23.6 Å². The minimum Gasteiger partial charge on any atom is -0.460 e. The molecule has 4 saturated carbocycles. The molecular weight excluding hydrogens is 638 g/mol. The third-order valence-corrected chi connectivity index (χ3v) is 16.1. The SMILES string of the molecule is CCN(CC)C(=O)COC(=O)[C@H]1CC[C@]2(C)[C@H]3C(=O)C=C4[C@@H]5C[C@@](C)(C(=O)OCc6ccccc6)CC[C@]5(C)CC[C@@]4(C)[C@]3(C)CC[C@H]2C1(C)C. The first kappa shape index (κ1) is 37.8. The zero-order chi connectivity index (χ0) is 37.2. The lowest BCUT2D eigenvalue weighted by Crippen LogP contribution is -2.66. The highest BCUT2D eigenvalue weighted by Crippen LogP contribution is 2.75. The maximum atomic E-state index is 14.8. The molecule has 0 saturated heterocycles. The summed E-state index contributed by atoms with van der Waals surface area (Å²) in [5.74, 6) is -0.481. The summed E-state index contributed by atoms with van der Waals surface area (Å²) in [5.41, 5.74) is 0.656. The predicted octanol–water partition coefficient (Wildman–Crippen LogP) is 8.74. The average molecular weight is 702 g/mol. The number of nitrogens with zero attached hydrogens (tertiary/aromatic N) is 1. The van der Waals surface area contributed by atoms with Crippen LogP contribution in [0, 0.1) is 56.2 Å². The van der Waals surface area contributed by atoms with Gasteiger partial charge in [0, 0.05) is 19.0 Å². The zero-order valence-corrected chi connectivity index (χ0v) is 32.9. The van der Waals surface area contributed by atoms with Gasteiger partial charge in [0.1, 0.15) is 6.61 Å². The van der Waals surface area contributed by atoms with E-state index in [9.17, 15) is 19.2 Å². The van der Waals surface area contributed by atoms with E-state index in [-0.39, 0.29) is 87.6 Å². The first-order valence-electron chi connectivity index (χ1n) is 19.8. The van der Waals surface area contributed by atoms with Crippen LogP contribution in [0.3, 0.4) is 0 Å². The van der Waals surface area contributed by atoms with Crippen LogP contribution in [0.5, 0.6) is 0 Å². The maximum absolute atomic E-state index is 14.8. The van der Waals surface area contributed by atoms with E-state index < -0.39 is 5.41 Å². The molecule has 0 spiro atoms.